The highest BCUT2D eigenvalue weighted by Gasteiger charge is 2.26. The SMILES string of the molecule is CN(C)c1ccn(-c2ccc3nc(-c4cccnc4N)n(-c4ccc5c(c4)CC[C@@H]5NC(=O)c4ccc(O)c(C=O)c4)c3n2)n1. The summed E-state index contributed by atoms with van der Waals surface area (Å²) in [5, 5.41) is 17.5. The molecule has 0 radical (unpaired) electrons. The first-order valence-electron chi connectivity index (χ1n) is 14.4. The number of hydrogen-bond acceptors (Lipinski definition) is 9. The molecule has 0 spiro atoms. The van der Waals surface area contributed by atoms with E-state index in [1.54, 1.807) is 10.9 Å². The molecule has 1 amide bonds. The Balaban J connectivity index is 1.29. The maximum absolute atomic E-state index is 13.1. The van der Waals surface area contributed by atoms with E-state index in [2.05, 4.69) is 21.5 Å². The first-order chi connectivity index (χ1) is 21.8. The van der Waals surface area contributed by atoms with Gasteiger partial charge in [0, 0.05) is 43.8 Å². The van der Waals surface area contributed by atoms with Crippen LogP contribution in [-0.2, 0) is 6.42 Å². The van der Waals surface area contributed by atoms with E-state index in [1.807, 2.05) is 72.2 Å². The van der Waals surface area contributed by atoms with Gasteiger partial charge in [-0.1, -0.05) is 6.07 Å². The third-order valence-electron chi connectivity index (χ3n) is 8.02. The number of hydrogen-bond donors (Lipinski definition) is 3. The Hall–Kier alpha value is -6.04. The Morgan fingerprint density at radius 3 is 2.73 bits per heavy atom. The molecule has 0 aliphatic heterocycles. The lowest BCUT2D eigenvalue weighted by atomic mass is 10.1. The van der Waals surface area contributed by atoms with Crippen molar-refractivity contribution < 1.29 is 14.7 Å². The number of carbonyl (C=O) groups excluding carboxylic acids is 2. The monoisotopic (exact) mass is 599 g/mol. The average molecular weight is 600 g/mol. The predicted octanol–water partition coefficient (Wildman–Crippen LogP) is 4.25. The quantitative estimate of drug-likeness (QED) is 0.228. The Kier molecular flexibility index (Phi) is 6.73. The average Bonchev–Trinajstić information content (AvgIpc) is 3.78. The van der Waals surface area contributed by atoms with Crippen molar-refractivity contribution in [3.05, 3.63) is 101 Å². The summed E-state index contributed by atoms with van der Waals surface area (Å²) in [6.45, 7) is 0. The maximum Gasteiger partial charge on any atom is 0.251 e. The molecule has 12 heteroatoms. The number of phenols is 1. The van der Waals surface area contributed by atoms with Gasteiger partial charge in [-0.05, 0) is 78.6 Å². The number of phenolic OH excluding ortho intramolecular Hbond substituents is 1. The Bertz CT molecular complexity index is 2110. The van der Waals surface area contributed by atoms with Crippen LogP contribution in [0.3, 0.4) is 0 Å². The highest BCUT2D eigenvalue weighted by atomic mass is 16.3. The van der Waals surface area contributed by atoms with Gasteiger partial charge in [0.25, 0.3) is 5.91 Å². The van der Waals surface area contributed by atoms with Crippen LogP contribution in [0.1, 0.15) is 44.3 Å². The fourth-order valence-electron chi connectivity index (χ4n) is 5.71. The smallest absolute Gasteiger partial charge is 0.251 e. The third kappa shape index (κ3) is 4.91. The molecule has 1 atom stereocenters. The number of benzene rings is 2. The largest absolute Gasteiger partial charge is 0.507 e. The minimum absolute atomic E-state index is 0.0687. The van der Waals surface area contributed by atoms with Crippen LogP contribution in [0.25, 0.3) is 34.1 Å². The van der Waals surface area contributed by atoms with Gasteiger partial charge in [0.05, 0.1) is 17.2 Å². The zero-order valence-electron chi connectivity index (χ0n) is 24.5. The van der Waals surface area contributed by atoms with Crippen LogP contribution in [0.5, 0.6) is 5.75 Å². The topological polar surface area (TPSA) is 157 Å². The van der Waals surface area contributed by atoms with Gasteiger partial charge in [-0.3, -0.25) is 14.2 Å². The molecular formula is C33H29N9O3. The van der Waals surface area contributed by atoms with Crippen molar-refractivity contribution in [1.82, 2.24) is 34.6 Å². The minimum atomic E-state index is -0.317. The van der Waals surface area contributed by atoms with E-state index >= 15 is 0 Å². The molecule has 4 heterocycles. The molecule has 0 fully saturated rings. The number of aldehydes is 1. The van der Waals surface area contributed by atoms with E-state index in [0.29, 0.717) is 52.5 Å². The standard InChI is InChI=1S/C33H29N9O3/c1-40(2)29-13-15-41(39-29)28-12-10-26-32(38-28)42(31(36-26)24-4-3-14-35-30(24)34)22-7-8-23-19(17-22)5-9-25(23)37-33(45)20-6-11-27(44)21(16-20)18-43/h3-4,6-8,10-18,25,44H,5,9H2,1-2H3,(H2,34,35)(H,37,45)/t25-/m0/s1. The van der Waals surface area contributed by atoms with Gasteiger partial charge in [0.2, 0.25) is 0 Å². The second-order valence-electron chi connectivity index (χ2n) is 11.1. The van der Waals surface area contributed by atoms with Gasteiger partial charge in [-0.15, -0.1) is 5.10 Å². The summed E-state index contributed by atoms with van der Waals surface area (Å²) < 4.78 is 3.71. The fourth-order valence-corrected chi connectivity index (χ4v) is 5.71. The number of aromatic nitrogens is 6. The molecule has 45 heavy (non-hydrogen) atoms. The number of fused-ring (bicyclic) bond motifs is 2. The Morgan fingerprint density at radius 2 is 1.96 bits per heavy atom. The van der Waals surface area contributed by atoms with Crippen LogP contribution in [-0.4, -0.2) is 60.7 Å². The predicted molar refractivity (Wildman–Crippen MR) is 170 cm³/mol. The number of imidazole rings is 1. The zero-order valence-corrected chi connectivity index (χ0v) is 24.5. The number of carbonyl (C=O) groups is 2. The number of aryl methyl sites for hydroxylation is 1. The molecule has 0 saturated heterocycles. The molecular weight excluding hydrogens is 570 g/mol. The Morgan fingerprint density at radius 1 is 1.09 bits per heavy atom. The molecule has 7 rings (SSSR count). The number of nitrogen functional groups attached to an aromatic ring is 1. The van der Waals surface area contributed by atoms with Gasteiger partial charge in [-0.2, -0.15) is 0 Å². The molecule has 4 aromatic heterocycles. The van der Waals surface area contributed by atoms with Crippen molar-refractivity contribution in [2.75, 3.05) is 24.7 Å². The van der Waals surface area contributed by atoms with Gasteiger partial charge in [0.1, 0.15) is 17.1 Å². The van der Waals surface area contributed by atoms with Crippen LogP contribution in [0, 0.1) is 0 Å². The number of nitrogens with one attached hydrogen (secondary N) is 1. The van der Waals surface area contributed by atoms with Gasteiger partial charge in [0.15, 0.2) is 29.4 Å². The van der Waals surface area contributed by atoms with E-state index in [0.717, 1.165) is 29.1 Å². The van der Waals surface area contributed by atoms with Gasteiger partial charge < -0.3 is 21.1 Å². The van der Waals surface area contributed by atoms with Crippen molar-refractivity contribution in [2.45, 2.75) is 18.9 Å². The summed E-state index contributed by atoms with van der Waals surface area (Å²) in [6, 6.07) is 19.5. The fraction of sp³-hybridized carbons (Fsp3) is 0.152. The number of rotatable bonds is 7. The maximum atomic E-state index is 13.1. The zero-order chi connectivity index (χ0) is 31.2. The first-order valence-corrected chi connectivity index (χ1v) is 14.4. The summed E-state index contributed by atoms with van der Waals surface area (Å²) in [7, 11) is 3.87. The highest BCUT2D eigenvalue weighted by molar-refractivity contribution is 5.96. The minimum Gasteiger partial charge on any atom is -0.507 e. The van der Waals surface area contributed by atoms with Crippen molar-refractivity contribution >= 4 is 35.0 Å². The van der Waals surface area contributed by atoms with Crippen LogP contribution >= 0.6 is 0 Å². The molecule has 4 N–H and O–H groups in total. The van der Waals surface area contributed by atoms with Crippen molar-refractivity contribution in [2.24, 2.45) is 0 Å². The molecule has 2 aromatic carbocycles. The third-order valence-corrected chi connectivity index (χ3v) is 8.02. The summed E-state index contributed by atoms with van der Waals surface area (Å²) in [5.41, 5.74) is 11.6. The van der Waals surface area contributed by atoms with Crippen molar-refractivity contribution in [1.29, 1.82) is 0 Å². The number of pyridine rings is 2. The van der Waals surface area contributed by atoms with Crippen LogP contribution < -0.4 is 16.0 Å². The summed E-state index contributed by atoms with van der Waals surface area (Å²) in [6.07, 6.45) is 5.50. The first kappa shape index (κ1) is 27.8. The van der Waals surface area contributed by atoms with Crippen molar-refractivity contribution in [3.63, 3.8) is 0 Å². The lowest BCUT2D eigenvalue weighted by Gasteiger charge is -2.16. The molecule has 1 aliphatic rings. The summed E-state index contributed by atoms with van der Waals surface area (Å²) >= 11 is 0. The van der Waals surface area contributed by atoms with Crippen LogP contribution in [0.2, 0.25) is 0 Å². The van der Waals surface area contributed by atoms with E-state index < -0.39 is 0 Å². The summed E-state index contributed by atoms with van der Waals surface area (Å²) in [4.78, 5) is 40.5. The number of amides is 1. The molecule has 0 unspecified atom stereocenters. The lowest BCUT2D eigenvalue weighted by molar-refractivity contribution is 0.0936. The number of nitrogens with zero attached hydrogens (tertiary/aromatic N) is 7. The van der Waals surface area contributed by atoms with Gasteiger partial charge >= 0.3 is 0 Å². The van der Waals surface area contributed by atoms with E-state index in [9.17, 15) is 14.7 Å². The van der Waals surface area contributed by atoms with Crippen molar-refractivity contribution in [3.8, 4) is 28.6 Å². The normalized spacial score (nSPS) is 14.0. The number of anilines is 2. The molecule has 6 aromatic rings. The Labute approximate surface area is 257 Å². The molecule has 0 bridgehead atoms. The molecule has 224 valence electrons. The van der Waals surface area contributed by atoms with Crippen LogP contribution in [0.15, 0.2) is 79.1 Å². The second-order valence-corrected chi connectivity index (χ2v) is 11.1. The number of nitrogens with two attached hydrogens (primary N) is 1. The highest BCUT2D eigenvalue weighted by Crippen LogP contribution is 2.36. The van der Waals surface area contributed by atoms with Crippen LogP contribution in [0.4, 0.5) is 11.6 Å². The van der Waals surface area contributed by atoms with Gasteiger partial charge in [-0.25, -0.2) is 19.6 Å². The summed E-state index contributed by atoms with van der Waals surface area (Å²) in [5.74, 6) is 1.93. The number of aromatic hydroxyl groups is 1. The lowest BCUT2D eigenvalue weighted by Crippen LogP contribution is -2.27. The molecule has 1 aliphatic carbocycles. The van der Waals surface area contributed by atoms with E-state index in [4.69, 9.17) is 15.7 Å². The second kappa shape index (κ2) is 10.9. The molecule has 12 nitrogen and oxygen atoms in total. The van der Waals surface area contributed by atoms with E-state index in [-0.39, 0.29) is 23.3 Å². The molecule has 0 saturated carbocycles. The van der Waals surface area contributed by atoms with E-state index in [1.165, 1.54) is 18.2 Å².